The quantitative estimate of drug-likeness (QED) is 0.810. The van der Waals surface area contributed by atoms with Crippen molar-refractivity contribution in [1.82, 2.24) is 9.80 Å². The fourth-order valence-corrected chi connectivity index (χ4v) is 3.57. The van der Waals surface area contributed by atoms with Gasteiger partial charge in [-0.3, -0.25) is 0 Å². The first kappa shape index (κ1) is 14.3. The molecule has 3 nitrogen and oxygen atoms in total. The summed E-state index contributed by atoms with van der Waals surface area (Å²) in [5.41, 5.74) is 0. The number of aliphatic hydroxyl groups is 1. The van der Waals surface area contributed by atoms with Crippen LogP contribution >= 0.6 is 0 Å². The molecule has 0 spiro atoms. The SMILES string of the molecule is CCN1CCC(C(CO)CN2CCCCC2)CC1. The Kier molecular flexibility index (Phi) is 5.93. The Morgan fingerprint density at radius 3 is 2.22 bits per heavy atom. The molecule has 2 fully saturated rings. The molecule has 2 aliphatic rings. The molecule has 18 heavy (non-hydrogen) atoms. The Hall–Kier alpha value is -0.120. The molecule has 0 aliphatic carbocycles. The molecule has 0 aromatic heterocycles. The zero-order valence-corrected chi connectivity index (χ0v) is 12.0. The highest BCUT2D eigenvalue weighted by Crippen LogP contribution is 2.26. The molecule has 0 radical (unpaired) electrons. The van der Waals surface area contributed by atoms with Gasteiger partial charge in [0.15, 0.2) is 0 Å². The van der Waals surface area contributed by atoms with Crippen molar-refractivity contribution in [3.63, 3.8) is 0 Å². The van der Waals surface area contributed by atoms with Crippen LogP contribution in [0, 0.1) is 11.8 Å². The van der Waals surface area contributed by atoms with E-state index in [-0.39, 0.29) is 0 Å². The van der Waals surface area contributed by atoms with Crippen molar-refractivity contribution in [3.05, 3.63) is 0 Å². The van der Waals surface area contributed by atoms with Crippen molar-refractivity contribution < 1.29 is 5.11 Å². The molecule has 2 rings (SSSR count). The molecule has 106 valence electrons. The van der Waals surface area contributed by atoms with E-state index in [0.29, 0.717) is 12.5 Å². The molecule has 3 heteroatoms. The van der Waals surface area contributed by atoms with E-state index in [1.54, 1.807) is 0 Å². The lowest BCUT2D eigenvalue weighted by Gasteiger charge is -2.38. The van der Waals surface area contributed by atoms with Crippen LogP contribution in [0.1, 0.15) is 39.0 Å². The highest BCUT2D eigenvalue weighted by Gasteiger charge is 2.27. The molecule has 1 N–H and O–H groups in total. The van der Waals surface area contributed by atoms with Crippen molar-refractivity contribution >= 4 is 0 Å². The third-order valence-corrected chi connectivity index (χ3v) is 4.92. The van der Waals surface area contributed by atoms with Crippen molar-refractivity contribution in [3.8, 4) is 0 Å². The van der Waals surface area contributed by atoms with E-state index in [4.69, 9.17) is 0 Å². The molecule has 0 saturated carbocycles. The standard InChI is InChI=1S/C15H30N2O/c1-2-16-10-6-14(7-11-16)15(13-18)12-17-8-4-3-5-9-17/h14-15,18H,2-13H2,1H3. The maximum atomic E-state index is 9.69. The van der Waals surface area contributed by atoms with Gasteiger partial charge in [0.1, 0.15) is 0 Å². The van der Waals surface area contributed by atoms with E-state index < -0.39 is 0 Å². The minimum atomic E-state index is 0.382. The van der Waals surface area contributed by atoms with Crippen LogP contribution in [0.15, 0.2) is 0 Å². The highest BCUT2D eigenvalue weighted by atomic mass is 16.3. The summed E-state index contributed by atoms with van der Waals surface area (Å²) in [6, 6.07) is 0. The van der Waals surface area contributed by atoms with Gasteiger partial charge in [-0.15, -0.1) is 0 Å². The molecule has 1 unspecified atom stereocenters. The Morgan fingerprint density at radius 2 is 1.67 bits per heavy atom. The van der Waals surface area contributed by atoms with Gasteiger partial charge in [-0.25, -0.2) is 0 Å². The Balaban J connectivity index is 1.77. The topological polar surface area (TPSA) is 26.7 Å². The third kappa shape index (κ3) is 3.94. The van der Waals surface area contributed by atoms with Crippen LogP contribution in [-0.2, 0) is 0 Å². The van der Waals surface area contributed by atoms with Crippen molar-refractivity contribution in [1.29, 1.82) is 0 Å². The molecule has 1 atom stereocenters. The number of nitrogens with zero attached hydrogens (tertiary/aromatic N) is 2. The van der Waals surface area contributed by atoms with Crippen LogP contribution in [0.2, 0.25) is 0 Å². The van der Waals surface area contributed by atoms with E-state index in [1.165, 1.54) is 64.8 Å². The van der Waals surface area contributed by atoms with Gasteiger partial charge in [-0.05, 0) is 70.2 Å². The fourth-order valence-electron chi connectivity index (χ4n) is 3.57. The summed E-state index contributed by atoms with van der Waals surface area (Å²) in [6.07, 6.45) is 6.67. The molecule has 2 saturated heterocycles. The van der Waals surface area contributed by atoms with E-state index in [9.17, 15) is 5.11 Å². The number of rotatable bonds is 5. The van der Waals surface area contributed by atoms with E-state index in [2.05, 4.69) is 16.7 Å². The van der Waals surface area contributed by atoms with E-state index in [1.807, 2.05) is 0 Å². The maximum Gasteiger partial charge on any atom is 0.0474 e. The molecular weight excluding hydrogens is 224 g/mol. The predicted molar refractivity (Wildman–Crippen MR) is 75.7 cm³/mol. The molecule has 2 heterocycles. The van der Waals surface area contributed by atoms with Gasteiger partial charge in [-0.1, -0.05) is 13.3 Å². The lowest BCUT2D eigenvalue weighted by Crippen LogP contribution is -2.42. The van der Waals surface area contributed by atoms with Gasteiger partial charge in [0, 0.05) is 13.2 Å². The van der Waals surface area contributed by atoms with Gasteiger partial charge < -0.3 is 14.9 Å². The summed E-state index contributed by atoms with van der Waals surface area (Å²) < 4.78 is 0. The number of piperidine rings is 2. The summed E-state index contributed by atoms with van der Waals surface area (Å²) in [5, 5.41) is 9.69. The Morgan fingerprint density at radius 1 is 1.00 bits per heavy atom. The average Bonchev–Trinajstić information content (AvgIpc) is 2.46. The minimum Gasteiger partial charge on any atom is -0.396 e. The lowest BCUT2D eigenvalue weighted by atomic mass is 9.84. The first-order valence-corrected chi connectivity index (χ1v) is 7.89. The fraction of sp³-hybridized carbons (Fsp3) is 1.00. The van der Waals surface area contributed by atoms with Crippen LogP contribution in [0.5, 0.6) is 0 Å². The number of hydrogen-bond acceptors (Lipinski definition) is 3. The van der Waals surface area contributed by atoms with Gasteiger partial charge in [0.05, 0.1) is 0 Å². The zero-order chi connectivity index (χ0) is 12.8. The maximum absolute atomic E-state index is 9.69. The third-order valence-electron chi connectivity index (χ3n) is 4.92. The Labute approximate surface area is 112 Å². The van der Waals surface area contributed by atoms with E-state index in [0.717, 1.165) is 12.5 Å². The predicted octanol–water partition coefficient (Wildman–Crippen LogP) is 1.81. The Bertz CT molecular complexity index is 221. The summed E-state index contributed by atoms with van der Waals surface area (Å²) in [5.74, 6) is 1.27. The normalized spacial score (nSPS) is 26.3. The molecule has 0 amide bonds. The second kappa shape index (κ2) is 7.46. The van der Waals surface area contributed by atoms with Crippen molar-refractivity contribution in [2.45, 2.75) is 39.0 Å². The second-order valence-corrected chi connectivity index (χ2v) is 6.08. The van der Waals surface area contributed by atoms with Crippen LogP contribution in [0.25, 0.3) is 0 Å². The van der Waals surface area contributed by atoms with Crippen LogP contribution in [0.4, 0.5) is 0 Å². The van der Waals surface area contributed by atoms with Crippen LogP contribution < -0.4 is 0 Å². The first-order valence-electron chi connectivity index (χ1n) is 7.89. The number of likely N-dealkylation sites (tertiary alicyclic amines) is 2. The van der Waals surface area contributed by atoms with Crippen LogP contribution in [-0.4, -0.2) is 60.8 Å². The molecule has 0 aromatic carbocycles. The van der Waals surface area contributed by atoms with Gasteiger partial charge >= 0.3 is 0 Å². The molecule has 0 bridgehead atoms. The minimum absolute atomic E-state index is 0.382. The van der Waals surface area contributed by atoms with E-state index >= 15 is 0 Å². The second-order valence-electron chi connectivity index (χ2n) is 6.08. The molecular formula is C15H30N2O. The lowest BCUT2D eigenvalue weighted by molar-refractivity contribution is 0.0738. The average molecular weight is 254 g/mol. The van der Waals surface area contributed by atoms with Crippen molar-refractivity contribution in [2.24, 2.45) is 11.8 Å². The smallest absolute Gasteiger partial charge is 0.0474 e. The number of aliphatic hydroxyl groups excluding tert-OH is 1. The number of hydrogen-bond donors (Lipinski definition) is 1. The summed E-state index contributed by atoms with van der Waals surface area (Å²) in [4.78, 5) is 5.11. The van der Waals surface area contributed by atoms with Crippen LogP contribution in [0.3, 0.4) is 0 Å². The highest BCUT2D eigenvalue weighted by molar-refractivity contribution is 4.80. The zero-order valence-electron chi connectivity index (χ0n) is 12.0. The van der Waals surface area contributed by atoms with Crippen molar-refractivity contribution in [2.75, 3.05) is 45.9 Å². The first-order chi connectivity index (χ1) is 8.83. The largest absolute Gasteiger partial charge is 0.396 e. The summed E-state index contributed by atoms with van der Waals surface area (Å²) in [7, 11) is 0. The van der Waals surface area contributed by atoms with Gasteiger partial charge in [0.2, 0.25) is 0 Å². The van der Waals surface area contributed by atoms with Gasteiger partial charge in [-0.2, -0.15) is 0 Å². The van der Waals surface area contributed by atoms with Gasteiger partial charge in [0.25, 0.3) is 0 Å². The summed E-state index contributed by atoms with van der Waals surface area (Å²) >= 11 is 0. The molecule has 0 aromatic rings. The molecule has 2 aliphatic heterocycles. The monoisotopic (exact) mass is 254 g/mol. The summed E-state index contributed by atoms with van der Waals surface area (Å²) in [6.45, 7) is 9.92.